The summed E-state index contributed by atoms with van der Waals surface area (Å²) in [6, 6.07) is 9.18. The maximum atomic E-state index is 12.6. The number of anilines is 2. The number of ether oxygens (including phenoxy) is 2. The van der Waals surface area contributed by atoms with E-state index in [1.54, 1.807) is 24.4 Å². The minimum atomic E-state index is -0.238. The zero-order valence-corrected chi connectivity index (χ0v) is 14.8. The van der Waals surface area contributed by atoms with E-state index in [-0.39, 0.29) is 5.91 Å². The number of aromatic nitrogens is 1. The Bertz CT molecular complexity index is 803. The second-order valence-electron chi connectivity index (χ2n) is 6.50. The molecule has 0 aliphatic carbocycles. The van der Waals surface area contributed by atoms with E-state index in [4.69, 9.17) is 9.47 Å². The van der Waals surface area contributed by atoms with Crippen LogP contribution in [0.5, 0.6) is 11.5 Å². The predicted molar refractivity (Wildman–Crippen MR) is 99.3 cm³/mol. The third-order valence-corrected chi connectivity index (χ3v) is 4.64. The number of amides is 1. The Morgan fingerprint density at radius 1 is 1.04 bits per heavy atom. The van der Waals surface area contributed by atoms with Crippen LogP contribution in [0.2, 0.25) is 0 Å². The summed E-state index contributed by atoms with van der Waals surface area (Å²) in [5.74, 6) is 1.11. The lowest BCUT2D eigenvalue weighted by Crippen LogP contribution is -2.44. The predicted octanol–water partition coefficient (Wildman–Crippen LogP) is 1.86. The van der Waals surface area contributed by atoms with Gasteiger partial charge in [-0.25, -0.2) is 0 Å². The van der Waals surface area contributed by atoms with Crippen molar-refractivity contribution in [2.45, 2.75) is 0 Å². The average molecular weight is 354 g/mol. The molecule has 1 aromatic carbocycles. The number of carbonyl (C=O) groups excluding carboxylic acids is 1. The van der Waals surface area contributed by atoms with Crippen LogP contribution >= 0.6 is 0 Å². The molecule has 3 heterocycles. The van der Waals surface area contributed by atoms with E-state index in [9.17, 15) is 4.79 Å². The van der Waals surface area contributed by atoms with E-state index < -0.39 is 0 Å². The number of fused-ring (bicyclic) bond motifs is 1. The molecule has 0 spiro atoms. The molecule has 7 nitrogen and oxygen atoms in total. The van der Waals surface area contributed by atoms with Gasteiger partial charge in [-0.3, -0.25) is 9.78 Å². The molecule has 0 radical (unpaired) electrons. The quantitative estimate of drug-likeness (QED) is 0.908. The van der Waals surface area contributed by atoms with Crippen LogP contribution in [-0.2, 0) is 0 Å². The Kier molecular flexibility index (Phi) is 4.62. The molecular formula is C19H22N4O3. The Hall–Kier alpha value is -2.80. The molecule has 136 valence electrons. The molecule has 1 aromatic heterocycles. The summed E-state index contributed by atoms with van der Waals surface area (Å²) in [4.78, 5) is 21.4. The number of carbonyl (C=O) groups is 1. The van der Waals surface area contributed by atoms with Crippen molar-refractivity contribution >= 4 is 17.3 Å². The number of hydrogen-bond donors (Lipinski definition) is 1. The number of hydrogen-bond acceptors (Lipinski definition) is 6. The van der Waals surface area contributed by atoms with Crippen molar-refractivity contribution in [3.8, 4) is 11.5 Å². The molecule has 2 aliphatic heterocycles. The molecule has 4 rings (SSSR count). The van der Waals surface area contributed by atoms with Gasteiger partial charge in [0.25, 0.3) is 5.91 Å². The molecule has 1 fully saturated rings. The van der Waals surface area contributed by atoms with Crippen molar-refractivity contribution in [3.05, 3.63) is 42.2 Å². The Balaban J connectivity index is 1.47. The summed E-state index contributed by atoms with van der Waals surface area (Å²) in [5.41, 5.74) is 2.09. The highest BCUT2D eigenvalue weighted by Gasteiger charge is 2.17. The van der Waals surface area contributed by atoms with Gasteiger partial charge in [0.2, 0.25) is 0 Å². The number of rotatable bonds is 3. The topological polar surface area (TPSA) is 66.9 Å². The van der Waals surface area contributed by atoms with Crippen LogP contribution in [0.25, 0.3) is 0 Å². The highest BCUT2D eigenvalue weighted by Crippen LogP contribution is 2.32. The summed E-state index contributed by atoms with van der Waals surface area (Å²) in [5, 5.41) is 2.88. The van der Waals surface area contributed by atoms with Crippen molar-refractivity contribution in [1.29, 1.82) is 0 Å². The molecule has 7 heteroatoms. The first kappa shape index (κ1) is 16.7. The van der Waals surface area contributed by atoms with Crippen molar-refractivity contribution < 1.29 is 14.3 Å². The van der Waals surface area contributed by atoms with Crippen LogP contribution in [-0.4, -0.2) is 62.2 Å². The molecule has 2 aliphatic rings. The summed E-state index contributed by atoms with van der Waals surface area (Å²) < 4.78 is 11.1. The van der Waals surface area contributed by atoms with Gasteiger partial charge in [0.15, 0.2) is 11.5 Å². The first-order valence-electron chi connectivity index (χ1n) is 8.79. The fourth-order valence-electron chi connectivity index (χ4n) is 3.12. The van der Waals surface area contributed by atoms with Gasteiger partial charge in [0.1, 0.15) is 18.9 Å². The molecule has 0 unspecified atom stereocenters. The monoisotopic (exact) mass is 354 g/mol. The lowest BCUT2D eigenvalue weighted by molar-refractivity contribution is 0.102. The fraction of sp³-hybridized carbons (Fsp3) is 0.368. The minimum Gasteiger partial charge on any atom is -0.486 e. The summed E-state index contributed by atoms with van der Waals surface area (Å²) in [6.07, 6.45) is 1.69. The number of benzene rings is 1. The largest absolute Gasteiger partial charge is 0.486 e. The summed E-state index contributed by atoms with van der Waals surface area (Å²) in [7, 11) is 2.12. The van der Waals surface area contributed by atoms with E-state index in [0.717, 1.165) is 31.9 Å². The van der Waals surface area contributed by atoms with E-state index in [0.29, 0.717) is 36.1 Å². The third-order valence-electron chi connectivity index (χ3n) is 4.64. The number of piperazine rings is 1. The van der Waals surface area contributed by atoms with Crippen molar-refractivity contribution in [2.75, 3.05) is 56.7 Å². The lowest BCUT2D eigenvalue weighted by atomic mass is 10.2. The Morgan fingerprint density at radius 2 is 1.81 bits per heavy atom. The molecule has 26 heavy (non-hydrogen) atoms. The van der Waals surface area contributed by atoms with Gasteiger partial charge in [-0.2, -0.15) is 0 Å². The summed E-state index contributed by atoms with van der Waals surface area (Å²) >= 11 is 0. The van der Waals surface area contributed by atoms with Gasteiger partial charge in [0, 0.05) is 49.8 Å². The molecule has 0 saturated carbocycles. The fourth-order valence-corrected chi connectivity index (χ4v) is 3.12. The maximum Gasteiger partial charge on any atom is 0.274 e. The Labute approximate surface area is 152 Å². The van der Waals surface area contributed by atoms with Crippen molar-refractivity contribution in [2.24, 2.45) is 0 Å². The zero-order chi connectivity index (χ0) is 17.9. The van der Waals surface area contributed by atoms with E-state index in [1.807, 2.05) is 12.1 Å². The van der Waals surface area contributed by atoms with Crippen LogP contribution in [0.15, 0.2) is 36.5 Å². The molecule has 1 saturated heterocycles. The van der Waals surface area contributed by atoms with Crippen molar-refractivity contribution in [3.63, 3.8) is 0 Å². The summed E-state index contributed by atoms with van der Waals surface area (Å²) in [6.45, 7) is 4.98. The van der Waals surface area contributed by atoms with Gasteiger partial charge in [-0.15, -0.1) is 0 Å². The molecule has 1 amide bonds. The van der Waals surface area contributed by atoms with E-state index >= 15 is 0 Å². The van der Waals surface area contributed by atoms with Gasteiger partial charge >= 0.3 is 0 Å². The highest BCUT2D eigenvalue weighted by molar-refractivity contribution is 6.03. The zero-order valence-electron chi connectivity index (χ0n) is 14.8. The molecular weight excluding hydrogens is 332 g/mol. The van der Waals surface area contributed by atoms with E-state index in [1.165, 1.54) is 0 Å². The van der Waals surface area contributed by atoms with Crippen LogP contribution in [0.4, 0.5) is 11.4 Å². The average Bonchev–Trinajstić information content (AvgIpc) is 2.68. The molecule has 1 N–H and O–H groups in total. The van der Waals surface area contributed by atoms with Crippen LogP contribution < -0.4 is 19.7 Å². The second kappa shape index (κ2) is 7.21. The van der Waals surface area contributed by atoms with Gasteiger partial charge in [0.05, 0.1) is 0 Å². The maximum absolute atomic E-state index is 12.6. The second-order valence-corrected chi connectivity index (χ2v) is 6.50. The smallest absolute Gasteiger partial charge is 0.274 e. The Morgan fingerprint density at radius 3 is 2.62 bits per heavy atom. The first-order chi connectivity index (χ1) is 12.7. The van der Waals surface area contributed by atoms with Crippen molar-refractivity contribution in [1.82, 2.24) is 9.88 Å². The van der Waals surface area contributed by atoms with Crippen LogP contribution in [0.3, 0.4) is 0 Å². The van der Waals surface area contributed by atoms with Gasteiger partial charge in [-0.05, 0) is 31.3 Å². The first-order valence-corrected chi connectivity index (χ1v) is 8.79. The molecule has 0 atom stereocenters. The van der Waals surface area contributed by atoms with Gasteiger partial charge in [-0.1, -0.05) is 0 Å². The molecule has 2 aromatic rings. The highest BCUT2D eigenvalue weighted by atomic mass is 16.6. The van der Waals surface area contributed by atoms with Crippen LogP contribution in [0, 0.1) is 0 Å². The third kappa shape index (κ3) is 3.57. The molecule has 0 bridgehead atoms. The normalized spacial score (nSPS) is 17.0. The standard InChI is InChI=1S/C19H22N4O3/c1-22-6-8-23(9-7-22)15-4-5-20-16(13-15)19(24)21-14-2-3-17-18(12-14)26-11-10-25-17/h2-5,12-13H,6-11H2,1H3,(H,21,24). The lowest BCUT2D eigenvalue weighted by Gasteiger charge is -2.34. The van der Waals surface area contributed by atoms with E-state index in [2.05, 4.69) is 27.1 Å². The number of likely N-dealkylation sites (N-methyl/N-ethyl adjacent to an activating group) is 1. The number of nitrogens with zero attached hydrogens (tertiary/aromatic N) is 3. The minimum absolute atomic E-state index is 0.238. The number of nitrogens with one attached hydrogen (secondary N) is 1. The SMILES string of the molecule is CN1CCN(c2ccnc(C(=O)Nc3ccc4c(c3)OCCO4)c2)CC1. The van der Waals surface area contributed by atoms with Gasteiger partial charge < -0.3 is 24.6 Å². The van der Waals surface area contributed by atoms with Crippen LogP contribution in [0.1, 0.15) is 10.5 Å². The number of pyridine rings is 1.